The van der Waals surface area contributed by atoms with Crippen LogP contribution in [0.15, 0.2) is 24.3 Å². The first kappa shape index (κ1) is 12.9. The van der Waals surface area contributed by atoms with Crippen LogP contribution in [0.3, 0.4) is 0 Å². The van der Waals surface area contributed by atoms with Gasteiger partial charge in [-0.25, -0.2) is 0 Å². The van der Waals surface area contributed by atoms with E-state index in [4.69, 9.17) is 9.84 Å². The molecular formula is C14H19NO3. The fraction of sp³-hybridized carbons (Fsp3) is 0.500. The Morgan fingerprint density at radius 3 is 2.67 bits per heavy atom. The van der Waals surface area contributed by atoms with Gasteiger partial charge in [-0.2, -0.15) is 0 Å². The Morgan fingerprint density at radius 2 is 2.06 bits per heavy atom. The molecule has 18 heavy (non-hydrogen) atoms. The average molecular weight is 249 g/mol. The number of hydrogen-bond acceptors (Lipinski definition) is 3. The molecular weight excluding hydrogens is 230 g/mol. The summed E-state index contributed by atoms with van der Waals surface area (Å²) in [6.07, 6.45) is 3.27. The van der Waals surface area contributed by atoms with E-state index in [0.29, 0.717) is 25.5 Å². The number of nitrogens with one attached hydrogen (secondary N) is 1. The van der Waals surface area contributed by atoms with E-state index in [1.54, 1.807) is 0 Å². The van der Waals surface area contributed by atoms with Crippen LogP contribution in [-0.2, 0) is 11.2 Å². The van der Waals surface area contributed by atoms with E-state index in [2.05, 4.69) is 5.32 Å². The Hall–Kier alpha value is -1.55. The molecule has 0 radical (unpaired) electrons. The van der Waals surface area contributed by atoms with Crippen molar-refractivity contribution in [3.63, 3.8) is 0 Å². The number of ether oxygens (including phenoxy) is 1. The van der Waals surface area contributed by atoms with Crippen LogP contribution in [0.2, 0.25) is 0 Å². The zero-order chi connectivity index (χ0) is 12.8. The highest BCUT2D eigenvalue weighted by atomic mass is 16.5. The first-order valence-electron chi connectivity index (χ1n) is 6.40. The quantitative estimate of drug-likeness (QED) is 0.765. The molecule has 4 heteroatoms. The molecule has 0 aliphatic heterocycles. The second-order valence-corrected chi connectivity index (χ2v) is 4.56. The fourth-order valence-corrected chi connectivity index (χ4v) is 1.67. The predicted octanol–water partition coefficient (Wildman–Crippen LogP) is 1.27. The van der Waals surface area contributed by atoms with Gasteiger partial charge >= 0.3 is 0 Å². The zero-order valence-corrected chi connectivity index (χ0v) is 10.4. The van der Waals surface area contributed by atoms with Gasteiger partial charge in [0.1, 0.15) is 5.75 Å². The first-order chi connectivity index (χ1) is 8.78. The number of aliphatic hydroxyl groups is 1. The maximum atomic E-state index is 11.4. The van der Waals surface area contributed by atoms with Crippen LogP contribution < -0.4 is 10.1 Å². The van der Waals surface area contributed by atoms with E-state index in [1.807, 2.05) is 24.3 Å². The number of carbonyl (C=O) groups excluding carboxylic acids is 1. The molecule has 1 aromatic carbocycles. The second-order valence-electron chi connectivity index (χ2n) is 4.56. The van der Waals surface area contributed by atoms with E-state index in [1.165, 1.54) is 0 Å². The molecule has 0 atom stereocenters. The van der Waals surface area contributed by atoms with Gasteiger partial charge in [-0.1, -0.05) is 12.1 Å². The normalized spacial score (nSPS) is 14.3. The van der Waals surface area contributed by atoms with E-state index < -0.39 is 0 Å². The number of amides is 1. The van der Waals surface area contributed by atoms with Crippen LogP contribution >= 0.6 is 0 Å². The second kappa shape index (κ2) is 6.40. The highest BCUT2D eigenvalue weighted by molar-refractivity contribution is 5.76. The molecule has 0 unspecified atom stereocenters. The lowest BCUT2D eigenvalue weighted by Gasteiger charge is -2.07. The standard InChI is InChI=1S/C14H19NO3/c16-9-7-11-1-5-13(6-2-11)18-10-8-14(17)15-12-3-4-12/h1-2,5-6,12,16H,3-4,7-10H2,(H,15,17). The van der Waals surface area contributed by atoms with Crippen LogP contribution in [-0.4, -0.2) is 30.3 Å². The summed E-state index contributed by atoms with van der Waals surface area (Å²) in [5.74, 6) is 0.824. The molecule has 2 rings (SSSR count). The van der Waals surface area contributed by atoms with Gasteiger partial charge in [0.15, 0.2) is 0 Å². The molecule has 1 aliphatic rings. The van der Waals surface area contributed by atoms with Gasteiger partial charge in [-0.3, -0.25) is 4.79 Å². The number of hydrogen-bond donors (Lipinski definition) is 2. The van der Waals surface area contributed by atoms with E-state index in [-0.39, 0.29) is 12.5 Å². The van der Waals surface area contributed by atoms with Crippen molar-refractivity contribution < 1.29 is 14.6 Å². The molecule has 0 aromatic heterocycles. The van der Waals surface area contributed by atoms with Crippen LogP contribution in [0.25, 0.3) is 0 Å². The van der Waals surface area contributed by atoms with Gasteiger partial charge in [0, 0.05) is 12.6 Å². The summed E-state index contributed by atoms with van der Waals surface area (Å²) in [4.78, 5) is 11.4. The maximum Gasteiger partial charge on any atom is 0.223 e. The molecule has 2 N–H and O–H groups in total. The van der Waals surface area contributed by atoms with E-state index in [0.717, 1.165) is 24.2 Å². The van der Waals surface area contributed by atoms with E-state index >= 15 is 0 Å². The maximum absolute atomic E-state index is 11.4. The summed E-state index contributed by atoms with van der Waals surface area (Å²) >= 11 is 0. The fourth-order valence-electron chi connectivity index (χ4n) is 1.67. The van der Waals surface area contributed by atoms with Crippen LogP contribution in [0.4, 0.5) is 0 Å². The summed E-state index contributed by atoms with van der Waals surface area (Å²) in [5, 5.41) is 11.7. The summed E-state index contributed by atoms with van der Waals surface area (Å²) in [5.41, 5.74) is 1.08. The minimum atomic E-state index is 0.0643. The third-order valence-electron chi connectivity index (χ3n) is 2.86. The number of aliphatic hydroxyl groups excluding tert-OH is 1. The van der Waals surface area contributed by atoms with Crippen LogP contribution in [0, 0.1) is 0 Å². The van der Waals surface area contributed by atoms with Gasteiger partial charge in [0.05, 0.1) is 13.0 Å². The van der Waals surface area contributed by atoms with Gasteiger partial charge in [0.25, 0.3) is 0 Å². The minimum Gasteiger partial charge on any atom is -0.493 e. The van der Waals surface area contributed by atoms with Crippen LogP contribution in [0.5, 0.6) is 5.75 Å². The molecule has 0 spiro atoms. The summed E-state index contributed by atoms with van der Waals surface area (Å²) in [7, 11) is 0. The van der Waals surface area contributed by atoms with Crippen LogP contribution in [0.1, 0.15) is 24.8 Å². The Balaban J connectivity index is 1.67. The first-order valence-corrected chi connectivity index (χ1v) is 6.40. The molecule has 1 aliphatic carbocycles. The lowest BCUT2D eigenvalue weighted by atomic mass is 10.1. The molecule has 1 aromatic rings. The summed E-state index contributed by atoms with van der Waals surface area (Å²) < 4.78 is 5.49. The lowest BCUT2D eigenvalue weighted by molar-refractivity contribution is -0.121. The molecule has 1 amide bonds. The summed E-state index contributed by atoms with van der Waals surface area (Å²) in [6, 6.07) is 7.99. The minimum absolute atomic E-state index is 0.0643. The third kappa shape index (κ3) is 4.37. The van der Waals surface area contributed by atoms with Gasteiger partial charge in [-0.05, 0) is 37.0 Å². The van der Waals surface area contributed by atoms with Gasteiger partial charge in [0.2, 0.25) is 5.91 Å². The molecule has 1 saturated carbocycles. The van der Waals surface area contributed by atoms with Crippen molar-refractivity contribution in [2.45, 2.75) is 31.7 Å². The third-order valence-corrected chi connectivity index (χ3v) is 2.86. The van der Waals surface area contributed by atoms with Crippen molar-refractivity contribution in [3.8, 4) is 5.75 Å². The number of benzene rings is 1. The highest BCUT2D eigenvalue weighted by Gasteiger charge is 2.22. The van der Waals surface area contributed by atoms with Crippen molar-refractivity contribution in [3.05, 3.63) is 29.8 Å². The molecule has 98 valence electrons. The Kier molecular flexibility index (Phi) is 4.59. The van der Waals surface area contributed by atoms with Crippen molar-refractivity contribution >= 4 is 5.91 Å². The predicted molar refractivity (Wildman–Crippen MR) is 68.5 cm³/mol. The lowest BCUT2D eigenvalue weighted by Crippen LogP contribution is -2.26. The molecule has 0 bridgehead atoms. The largest absolute Gasteiger partial charge is 0.493 e. The van der Waals surface area contributed by atoms with Crippen molar-refractivity contribution in [2.75, 3.05) is 13.2 Å². The van der Waals surface area contributed by atoms with Crippen molar-refractivity contribution in [1.29, 1.82) is 0 Å². The monoisotopic (exact) mass is 249 g/mol. The number of rotatable bonds is 7. The smallest absolute Gasteiger partial charge is 0.223 e. The SMILES string of the molecule is O=C(CCOc1ccc(CCO)cc1)NC1CC1. The van der Waals surface area contributed by atoms with Gasteiger partial charge in [-0.15, -0.1) is 0 Å². The molecule has 1 fully saturated rings. The average Bonchev–Trinajstić information content (AvgIpc) is 3.16. The Morgan fingerprint density at radius 1 is 1.33 bits per heavy atom. The topological polar surface area (TPSA) is 58.6 Å². The molecule has 0 saturated heterocycles. The zero-order valence-electron chi connectivity index (χ0n) is 10.4. The van der Waals surface area contributed by atoms with E-state index in [9.17, 15) is 4.79 Å². The summed E-state index contributed by atoms with van der Waals surface area (Å²) in [6.45, 7) is 0.555. The van der Waals surface area contributed by atoms with Crippen molar-refractivity contribution in [2.24, 2.45) is 0 Å². The highest BCUT2D eigenvalue weighted by Crippen LogP contribution is 2.18. The Bertz CT molecular complexity index is 385. The van der Waals surface area contributed by atoms with Crippen molar-refractivity contribution in [1.82, 2.24) is 5.32 Å². The molecule has 0 heterocycles. The Labute approximate surface area is 107 Å². The van der Waals surface area contributed by atoms with Gasteiger partial charge < -0.3 is 15.2 Å². The number of carbonyl (C=O) groups is 1. The molecule has 4 nitrogen and oxygen atoms in total.